The minimum atomic E-state index is 0.637. The van der Waals surface area contributed by atoms with Crippen molar-refractivity contribution in [2.24, 2.45) is 7.05 Å². The fraction of sp³-hybridized carbons (Fsp3) is 0.467. The number of benzene rings is 1. The number of fused-ring (bicyclic) bond motifs is 2. The molecule has 0 atom stereocenters. The van der Waals surface area contributed by atoms with Crippen LogP contribution < -0.4 is 14.8 Å². The van der Waals surface area contributed by atoms with Gasteiger partial charge in [-0.15, -0.1) is 0 Å². The predicted molar refractivity (Wildman–Crippen MR) is 76.2 cm³/mol. The first-order valence-corrected chi connectivity index (χ1v) is 6.82. The highest BCUT2D eigenvalue weighted by Gasteiger charge is 2.16. The SMILES string of the molecule is CNCCCc1cn(C)c2cc3c(cc12)OCCO3. The molecule has 3 rings (SSSR count). The zero-order valence-corrected chi connectivity index (χ0v) is 11.5. The fourth-order valence-electron chi connectivity index (χ4n) is 2.65. The van der Waals surface area contributed by atoms with Crippen LogP contribution in [-0.2, 0) is 13.5 Å². The second kappa shape index (κ2) is 5.13. The number of nitrogens with one attached hydrogen (secondary N) is 1. The van der Waals surface area contributed by atoms with Crippen molar-refractivity contribution in [1.82, 2.24) is 9.88 Å². The summed E-state index contributed by atoms with van der Waals surface area (Å²) in [5.41, 5.74) is 2.59. The van der Waals surface area contributed by atoms with Crippen LogP contribution in [0.25, 0.3) is 10.9 Å². The standard InChI is InChI=1S/C15H20N2O2/c1-16-5-3-4-11-10-17(2)13-9-15-14(8-12(11)13)18-6-7-19-15/h8-10,16H,3-7H2,1-2H3. The Hall–Kier alpha value is -1.68. The Kier molecular flexibility index (Phi) is 3.34. The van der Waals surface area contributed by atoms with Gasteiger partial charge in [-0.2, -0.15) is 0 Å². The van der Waals surface area contributed by atoms with Gasteiger partial charge in [-0.25, -0.2) is 0 Å². The van der Waals surface area contributed by atoms with Gasteiger partial charge in [-0.05, 0) is 38.1 Å². The van der Waals surface area contributed by atoms with Crippen molar-refractivity contribution in [2.75, 3.05) is 26.8 Å². The molecule has 2 heterocycles. The van der Waals surface area contributed by atoms with E-state index >= 15 is 0 Å². The molecule has 1 aromatic carbocycles. The first-order valence-electron chi connectivity index (χ1n) is 6.82. The summed E-state index contributed by atoms with van der Waals surface area (Å²) in [6.07, 6.45) is 4.44. The summed E-state index contributed by atoms with van der Waals surface area (Å²) in [5.74, 6) is 1.74. The lowest BCUT2D eigenvalue weighted by molar-refractivity contribution is 0.172. The highest BCUT2D eigenvalue weighted by molar-refractivity contribution is 5.87. The first kappa shape index (κ1) is 12.4. The summed E-state index contributed by atoms with van der Waals surface area (Å²) in [7, 11) is 4.07. The van der Waals surface area contributed by atoms with Crippen molar-refractivity contribution < 1.29 is 9.47 Å². The van der Waals surface area contributed by atoms with E-state index in [9.17, 15) is 0 Å². The molecule has 102 valence electrons. The minimum Gasteiger partial charge on any atom is -0.486 e. The molecule has 0 unspecified atom stereocenters. The predicted octanol–water partition coefficient (Wildman–Crippen LogP) is 2.10. The number of aromatic nitrogens is 1. The maximum atomic E-state index is 5.67. The van der Waals surface area contributed by atoms with Gasteiger partial charge in [-0.1, -0.05) is 0 Å². The molecule has 19 heavy (non-hydrogen) atoms. The van der Waals surface area contributed by atoms with E-state index in [0.29, 0.717) is 13.2 Å². The van der Waals surface area contributed by atoms with Gasteiger partial charge in [0.25, 0.3) is 0 Å². The number of aryl methyl sites for hydroxylation is 2. The van der Waals surface area contributed by atoms with Crippen molar-refractivity contribution >= 4 is 10.9 Å². The Morgan fingerprint density at radius 2 is 1.95 bits per heavy atom. The van der Waals surface area contributed by atoms with Crippen LogP contribution in [0.1, 0.15) is 12.0 Å². The van der Waals surface area contributed by atoms with E-state index in [-0.39, 0.29) is 0 Å². The maximum Gasteiger partial charge on any atom is 0.163 e. The lowest BCUT2D eigenvalue weighted by Crippen LogP contribution is -2.15. The highest BCUT2D eigenvalue weighted by Crippen LogP contribution is 2.36. The molecule has 0 amide bonds. The molecule has 1 N–H and O–H groups in total. The van der Waals surface area contributed by atoms with E-state index < -0.39 is 0 Å². The second-order valence-corrected chi connectivity index (χ2v) is 4.99. The highest BCUT2D eigenvalue weighted by atomic mass is 16.6. The topological polar surface area (TPSA) is 35.4 Å². The van der Waals surface area contributed by atoms with Crippen molar-refractivity contribution in [3.05, 3.63) is 23.9 Å². The number of hydrogen-bond donors (Lipinski definition) is 1. The van der Waals surface area contributed by atoms with Crippen molar-refractivity contribution in [1.29, 1.82) is 0 Å². The Morgan fingerprint density at radius 3 is 2.68 bits per heavy atom. The van der Waals surface area contributed by atoms with Crippen LogP contribution in [-0.4, -0.2) is 31.4 Å². The summed E-state index contributed by atoms with van der Waals surface area (Å²) in [5, 5.41) is 4.47. The Bertz CT molecular complexity index is 589. The second-order valence-electron chi connectivity index (χ2n) is 4.99. The van der Waals surface area contributed by atoms with Crippen LogP contribution in [0.3, 0.4) is 0 Å². The fourth-order valence-corrected chi connectivity index (χ4v) is 2.65. The lowest BCUT2D eigenvalue weighted by Gasteiger charge is -2.18. The third-order valence-electron chi connectivity index (χ3n) is 3.61. The summed E-state index contributed by atoms with van der Waals surface area (Å²) >= 11 is 0. The van der Waals surface area contributed by atoms with E-state index in [2.05, 4.69) is 35.3 Å². The van der Waals surface area contributed by atoms with Gasteiger partial charge in [-0.3, -0.25) is 0 Å². The van der Waals surface area contributed by atoms with E-state index in [0.717, 1.165) is 30.9 Å². The van der Waals surface area contributed by atoms with Gasteiger partial charge in [0.1, 0.15) is 13.2 Å². The molecule has 1 aliphatic heterocycles. The average molecular weight is 260 g/mol. The molecular formula is C15H20N2O2. The summed E-state index contributed by atoms with van der Waals surface area (Å²) in [4.78, 5) is 0. The van der Waals surface area contributed by atoms with Crippen molar-refractivity contribution in [3.8, 4) is 11.5 Å². The Balaban J connectivity index is 1.99. The molecule has 2 aromatic rings. The zero-order chi connectivity index (χ0) is 13.2. The average Bonchev–Trinajstić information content (AvgIpc) is 2.73. The largest absolute Gasteiger partial charge is 0.486 e. The van der Waals surface area contributed by atoms with Crippen molar-refractivity contribution in [3.63, 3.8) is 0 Å². The maximum absolute atomic E-state index is 5.67. The third-order valence-corrected chi connectivity index (χ3v) is 3.61. The molecule has 4 heteroatoms. The minimum absolute atomic E-state index is 0.637. The van der Waals surface area contributed by atoms with Crippen LogP contribution in [0.15, 0.2) is 18.3 Å². The van der Waals surface area contributed by atoms with Crippen LogP contribution in [0, 0.1) is 0 Å². The third kappa shape index (κ3) is 2.28. The molecule has 0 fully saturated rings. The molecule has 0 saturated carbocycles. The molecule has 0 spiro atoms. The van der Waals surface area contributed by atoms with E-state index in [1.54, 1.807) is 0 Å². The van der Waals surface area contributed by atoms with Gasteiger partial charge in [0.2, 0.25) is 0 Å². The van der Waals surface area contributed by atoms with Gasteiger partial charge in [0, 0.05) is 24.7 Å². The van der Waals surface area contributed by atoms with Gasteiger partial charge >= 0.3 is 0 Å². The molecule has 0 aliphatic carbocycles. The van der Waals surface area contributed by atoms with Crippen LogP contribution in [0.5, 0.6) is 11.5 Å². The van der Waals surface area contributed by atoms with Crippen molar-refractivity contribution in [2.45, 2.75) is 12.8 Å². The quantitative estimate of drug-likeness (QED) is 0.855. The Morgan fingerprint density at radius 1 is 1.21 bits per heavy atom. The molecule has 0 bridgehead atoms. The first-order chi connectivity index (χ1) is 9.29. The summed E-state index contributed by atoms with van der Waals surface area (Å²) < 4.78 is 13.5. The van der Waals surface area contributed by atoms with Gasteiger partial charge in [0.05, 0.1) is 5.52 Å². The smallest absolute Gasteiger partial charge is 0.163 e. The Labute approximate surface area is 113 Å². The van der Waals surface area contributed by atoms with Gasteiger partial charge in [0.15, 0.2) is 11.5 Å². The normalized spacial score (nSPS) is 14.0. The number of rotatable bonds is 4. The van der Waals surface area contributed by atoms with Gasteiger partial charge < -0.3 is 19.4 Å². The van der Waals surface area contributed by atoms with E-state index in [4.69, 9.17) is 9.47 Å². The number of nitrogens with zero attached hydrogens (tertiary/aromatic N) is 1. The molecule has 1 aromatic heterocycles. The summed E-state index contributed by atoms with van der Waals surface area (Å²) in [6, 6.07) is 4.21. The molecule has 4 nitrogen and oxygen atoms in total. The van der Waals surface area contributed by atoms with Crippen LogP contribution in [0.2, 0.25) is 0 Å². The number of hydrogen-bond acceptors (Lipinski definition) is 3. The molecular weight excluding hydrogens is 240 g/mol. The lowest BCUT2D eigenvalue weighted by atomic mass is 10.1. The molecule has 0 saturated heterocycles. The summed E-state index contributed by atoms with van der Waals surface area (Å²) in [6.45, 7) is 2.32. The van der Waals surface area contributed by atoms with Crippen LogP contribution in [0.4, 0.5) is 0 Å². The zero-order valence-electron chi connectivity index (χ0n) is 11.5. The van der Waals surface area contributed by atoms with E-state index in [1.807, 2.05) is 7.05 Å². The van der Waals surface area contributed by atoms with Crippen LogP contribution >= 0.6 is 0 Å². The molecule has 0 radical (unpaired) electrons. The number of ether oxygens (including phenoxy) is 2. The monoisotopic (exact) mass is 260 g/mol. The van der Waals surface area contributed by atoms with E-state index in [1.165, 1.54) is 16.5 Å². The molecule has 1 aliphatic rings.